The molecule has 1 aliphatic heterocycles. The molecule has 1 aromatic rings. The van der Waals surface area contributed by atoms with E-state index in [2.05, 4.69) is 31.1 Å². The van der Waals surface area contributed by atoms with E-state index in [1.165, 1.54) is 15.6 Å². The molecule has 14 heavy (non-hydrogen) atoms. The van der Waals surface area contributed by atoms with Crippen LogP contribution >= 0.6 is 11.3 Å². The lowest BCUT2D eigenvalue weighted by Gasteiger charge is -2.26. The third kappa shape index (κ3) is 1.98. The summed E-state index contributed by atoms with van der Waals surface area (Å²) < 4.78 is 0. The molecular formula is C11H18N2S. The Morgan fingerprint density at radius 1 is 1.50 bits per heavy atom. The number of nitrogens with one attached hydrogen (secondary N) is 1. The Bertz CT molecular complexity index is 313. The molecular weight excluding hydrogens is 192 g/mol. The van der Waals surface area contributed by atoms with Crippen LogP contribution in [0.15, 0.2) is 0 Å². The minimum atomic E-state index is 0.716. The van der Waals surface area contributed by atoms with Crippen LogP contribution in [0.25, 0.3) is 0 Å². The number of aryl methyl sites for hydroxylation is 1. The fourth-order valence-electron chi connectivity index (χ4n) is 1.76. The highest BCUT2D eigenvalue weighted by molar-refractivity contribution is 7.11. The quantitative estimate of drug-likeness (QED) is 0.828. The van der Waals surface area contributed by atoms with Crippen LogP contribution in [-0.4, -0.2) is 18.1 Å². The van der Waals surface area contributed by atoms with E-state index in [0.717, 1.165) is 25.4 Å². The van der Waals surface area contributed by atoms with E-state index < -0.39 is 0 Å². The highest BCUT2D eigenvalue weighted by Gasteiger charge is 2.23. The maximum atomic E-state index is 4.64. The fraction of sp³-hybridized carbons (Fsp3) is 0.727. The molecule has 1 aliphatic rings. The topological polar surface area (TPSA) is 24.9 Å². The average Bonchev–Trinajstić information content (AvgIpc) is 2.27. The van der Waals surface area contributed by atoms with Gasteiger partial charge in [0.25, 0.3) is 0 Å². The van der Waals surface area contributed by atoms with Crippen molar-refractivity contribution in [1.82, 2.24) is 10.3 Å². The van der Waals surface area contributed by atoms with Crippen molar-refractivity contribution in [2.75, 3.05) is 13.1 Å². The standard InChI is InChI=1S/C11H18N2S/c1-7(2)4-10-13-8(3)11(14-10)9-5-12-6-9/h7,9,12H,4-6H2,1-3H3. The summed E-state index contributed by atoms with van der Waals surface area (Å²) >= 11 is 1.92. The maximum Gasteiger partial charge on any atom is 0.0933 e. The zero-order valence-electron chi connectivity index (χ0n) is 9.13. The zero-order valence-corrected chi connectivity index (χ0v) is 9.95. The van der Waals surface area contributed by atoms with Crippen LogP contribution < -0.4 is 5.32 Å². The summed E-state index contributed by atoms with van der Waals surface area (Å²) in [5, 5.41) is 4.63. The smallest absolute Gasteiger partial charge is 0.0933 e. The van der Waals surface area contributed by atoms with Crippen molar-refractivity contribution in [1.29, 1.82) is 0 Å². The van der Waals surface area contributed by atoms with E-state index in [4.69, 9.17) is 0 Å². The lowest BCUT2D eigenvalue weighted by atomic mass is 10.0. The van der Waals surface area contributed by atoms with Gasteiger partial charge in [0.05, 0.1) is 10.7 Å². The molecule has 1 aromatic heterocycles. The van der Waals surface area contributed by atoms with Gasteiger partial charge in [0, 0.05) is 30.3 Å². The Morgan fingerprint density at radius 2 is 2.21 bits per heavy atom. The maximum absolute atomic E-state index is 4.64. The van der Waals surface area contributed by atoms with E-state index in [-0.39, 0.29) is 0 Å². The molecule has 1 N–H and O–H groups in total. The second kappa shape index (κ2) is 3.99. The molecule has 2 nitrogen and oxygen atoms in total. The zero-order chi connectivity index (χ0) is 10.1. The predicted molar refractivity (Wildman–Crippen MR) is 61.0 cm³/mol. The summed E-state index contributed by atoms with van der Waals surface area (Å²) in [6.07, 6.45) is 1.13. The minimum absolute atomic E-state index is 0.716. The molecule has 2 heterocycles. The Labute approximate surface area is 89.8 Å². The molecule has 0 atom stereocenters. The van der Waals surface area contributed by atoms with Crippen molar-refractivity contribution in [2.24, 2.45) is 5.92 Å². The van der Waals surface area contributed by atoms with Crippen molar-refractivity contribution < 1.29 is 0 Å². The Morgan fingerprint density at radius 3 is 2.71 bits per heavy atom. The molecule has 0 bridgehead atoms. The van der Waals surface area contributed by atoms with Crippen molar-refractivity contribution in [3.05, 3.63) is 15.6 Å². The molecule has 0 spiro atoms. The van der Waals surface area contributed by atoms with Gasteiger partial charge in [-0.25, -0.2) is 4.98 Å². The SMILES string of the molecule is Cc1nc(CC(C)C)sc1C1CNC1. The van der Waals surface area contributed by atoms with Gasteiger partial charge in [-0.1, -0.05) is 13.8 Å². The first-order valence-corrected chi connectivity index (χ1v) is 6.15. The predicted octanol–water partition coefficient (Wildman–Crippen LogP) is 2.34. The Balaban J connectivity index is 2.12. The van der Waals surface area contributed by atoms with Crippen LogP contribution in [0.3, 0.4) is 0 Å². The highest BCUT2D eigenvalue weighted by Crippen LogP contribution is 2.30. The Kier molecular flexibility index (Phi) is 2.88. The van der Waals surface area contributed by atoms with E-state index in [1.807, 2.05) is 11.3 Å². The van der Waals surface area contributed by atoms with Crippen LogP contribution in [0.4, 0.5) is 0 Å². The van der Waals surface area contributed by atoms with Crippen molar-refractivity contribution >= 4 is 11.3 Å². The highest BCUT2D eigenvalue weighted by atomic mass is 32.1. The second-order valence-electron chi connectivity index (χ2n) is 4.51. The van der Waals surface area contributed by atoms with Gasteiger partial charge in [0.2, 0.25) is 0 Å². The van der Waals surface area contributed by atoms with Gasteiger partial charge in [-0.15, -0.1) is 11.3 Å². The van der Waals surface area contributed by atoms with Gasteiger partial charge in [-0.2, -0.15) is 0 Å². The molecule has 0 amide bonds. The molecule has 3 heteroatoms. The molecule has 0 aromatic carbocycles. The molecule has 0 aliphatic carbocycles. The van der Waals surface area contributed by atoms with Crippen LogP contribution in [0.5, 0.6) is 0 Å². The number of rotatable bonds is 3. The minimum Gasteiger partial charge on any atom is -0.315 e. The van der Waals surface area contributed by atoms with Gasteiger partial charge in [-0.3, -0.25) is 0 Å². The van der Waals surface area contributed by atoms with E-state index in [9.17, 15) is 0 Å². The van der Waals surface area contributed by atoms with Gasteiger partial charge < -0.3 is 5.32 Å². The summed E-state index contributed by atoms with van der Waals surface area (Å²) in [6, 6.07) is 0. The second-order valence-corrected chi connectivity index (χ2v) is 5.63. The van der Waals surface area contributed by atoms with E-state index >= 15 is 0 Å². The molecule has 2 rings (SSSR count). The molecule has 0 unspecified atom stereocenters. The number of nitrogens with zero attached hydrogens (tertiary/aromatic N) is 1. The van der Waals surface area contributed by atoms with Gasteiger partial charge >= 0.3 is 0 Å². The summed E-state index contributed by atoms with van der Waals surface area (Å²) in [4.78, 5) is 6.16. The summed E-state index contributed by atoms with van der Waals surface area (Å²) in [5.74, 6) is 1.46. The molecule has 0 saturated carbocycles. The number of thiazole rings is 1. The van der Waals surface area contributed by atoms with Gasteiger partial charge in [0.1, 0.15) is 0 Å². The van der Waals surface area contributed by atoms with E-state index in [0.29, 0.717) is 5.92 Å². The Hall–Kier alpha value is -0.410. The van der Waals surface area contributed by atoms with Crippen LogP contribution in [0, 0.1) is 12.8 Å². The van der Waals surface area contributed by atoms with Gasteiger partial charge in [0.15, 0.2) is 0 Å². The van der Waals surface area contributed by atoms with Crippen molar-refractivity contribution in [3.8, 4) is 0 Å². The third-order valence-corrected chi connectivity index (χ3v) is 3.95. The van der Waals surface area contributed by atoms with Crippen molar-refractivity contribution in [2.45, 2.75) is 33.1 Å². The number of hydrogen-bond acceptors (Lipinski definition) is 3. The third-order valence-electron chi connectivity index (χ3n) is 2.61. The number of hydrogen-bond donors (Lipinski definition) is 1. The first-order valence-electron chi connectivity index (χ1n) is 5.33. The average molecular weight is 210 g/mol. The molecule has 0 radical (unpaired) electrons. The summed E-state index contributed by atoms with van der Waals surface area (Å²) in [5.41, 5.74) is 1.26. The molecule has 78 valence electrons. The van der Waals surface area contributed by atoms with Crippen molar-refractivity contribution in [3.63, 3.8) is 0 Å². The van der Waals surface area contributed by atoms with E-state index in [1.54, 1.807) is 0 Å². The first kappa shape index (κ1) is 10.1. The summed E-state index contributed by atoms with van der Waals surface area (Å²) in [7, 11) is 0. The number of aromatic nitrogens is 1. The largest absolute Gasteiger partial charge is 0.315 e. The molecule has 1 saturated heterocycles. The van der Waals surface area contributed by atoms with Crippen LogP contribution in [-0.2, 0) is 6.42 Å². The van der Waals surface area contributed by atoms with Crippen LogP contribution in [0.1, 0.15) is 35.3 Å². The van der Waals surface area contributed by atoms with Crippen LogP contribution in [0.2, 0.25) is 0 Å². The lowest BCUT2D eigenvalue weighted by molar-refractivity contribution is 0.452. The van der Waals surface area contributed by atoms with Gasteiger partial charge in [-0.05, 0) is 12.8 Å². The summed E-state index contributed by atoms with van der Waals surface area (Å²) in [6.45, 7) is 8.94. The lowest BCUT2D eigenvalue weighted by Crippen LogP contribution is -2.39. The molecule has 1 fully saturated rings. The normalized spacial score (nSPS) is 17.4. The monoisotopic (exact) mass is 210 g/mol. The fourth-order valence-corrected chi connectivity index (χ4v) is 3.13. The first-order chi connectivity index (χ1) is 6.66.